The fraction of sp³-hybridized carbons (Fsp3) is 0.211. The van der Waals surface area contributed by atoms with Gasteiger partial charge in [0.25, 0.3) is 5.91 Å². The van der Waals surface area contributed by atoms with Crippen molar-refractivity contribution in [1.82, 2.24) is 10.6 Å². The number of benzene rings is 2. The van der Waals surface area contributed by atoms with E-state index in [2.05, 4.69) is 10.6 Å². The number of hydrogen-bond donors (Lipinski definition) is 3. The van der Waals surface area contributed by atoms with Gasteiger partial charge in [-0.2, -0.15) is 0 Å². The van der Waals surface area contributed by atoms with Gasteiger partial charge < -0.3 is 20.5 Å². The molecular formula is C19H19N3O5. The first-order chi connectivity index (χ1) is 13.0. The quantitative estimate of drug-likeness (QED) is 0.720. The number of urea groups is 1. The summed E-state index contributed by atoms with van der Waals surface area (Å²) in [5.74, 6) is -1.12. The molecular weight excluding hydrogens is 350 g/mol. The number of ether oxygens (including phenoxy) is 1. The summed E-state index contributed by atoms with van der Waals surface area (Å²) in [6.07, 6.45) is 0. The highest BCUT2D eigenvalue weighted by atomic mass is 16.5. The van der Waals surface area contributed by atoms with E-state index in [1.54, 1.807) is 41.3 Å². The van der Waals surface area contributed by atoms with Crippen molar-refractivity contribution >= 4 is 23.6 Å². The molecule has 0 aromatic heterocycles. The number of rotatable bonds is 6. The number of carboxylic acids is 1. The first-order valence-electron chi connectivity index (χ1n) is 8.33. The Morgan fingerprint density at radius 2 is 1.96 bits per heavy atom. The van der Waals surface area contributed by atoms with Crippen LogP contribution in [0, 0.1) is 0 Å². The molecule has 3 N–H and O–H groups in total. The Kier molecular flexibility index (Phi) is 5.25. The van der Waals surface area contributed by atoms with Crippen LogP contribution in [0.2, 0.25) is 0 Å². The van der Waals surface area contributed by atoms with Crippen LogP contribution < -0.4 is 20.3 Å². The Bertz CT molecular complexity index is 879. The molecule has 3 amide bonds. The number of anilines is 1. The predicted octanol–water partition coefficient (Wildman–Crippen LogP) is 1.85. The monoisotopic (exact) mass is 369 g/mol. The number of carbonyl (C=O) groups is 3. The second kappa shape index (κ2) is 7.77. The second-order valence-corrected chi connectivity index (χ2v) is 5.95. The summed E-state index contributed by atoms with van der Waals surface area (Å²) in [6.45, 7) is 1.37. The lowest BCUT2D eigenvalue weighted by atomic mass is 10.1. The molecule has 0 bridgehead atoms. The van der Waals surface area contributed by atoms with Crippen molar-refractivity contribution in [3.8, 4) is 5.75 Å². The molecule has 0 radical (unpaired) electrons. The van der Waals surface area contributed by atoms with Gasteiger partial charge in [-0.1, -0.05) is 6.07 Å². The van der Waals surface area contributed by atoms with Crippen LogP contribution >= 0.6 is 0 Å². The summed E-state index contributed by atoms with van der Waals surface area (Å²) in [5.41, 5.74) is 1.86. The maximum absolute atomic E-state index is 12.3. The Morgan fingerprint density at radius 3 is 2.56 bits per heavy atom. The topological polar surface area (TPSA) is 108 Å². The lowest BCUT2D eigenvalue weighted by molar-refractivity contribution is 0.0693. The average molecular weight is 369 g/mol. The van der Waals surface area contributed by atoms with Gasteiger partial charge in [-0.3, -0.25) is 9.69 Å². The summed E-state index contributed by atoms with van der Waals surface area (Å²) in [7, 11) is 1.40. The van der Waals surface area contributed by atoms with Crippen LogP contribution in [-0.2, 0) is 6.54 Å². The lowest BCUT2D eigenvalue weighted by Crippen LogP contribution is -2.28. The summed E-state index contributed by atoms with van der Waals surface area (Å²) in [4.78, 5) is 36.8. The fourth-order valence-corrected chi connectivity index (χ4v) is 2.83. The van der Waals surface area contributed by atoms with Gasteiger partial charge in [0.15, 0.2) is 0 Å². The van der Waals surface area contributed by atoms with Crippen LogP contribution in [-0.4, -0.2) is 43.2 Å². The summed E-state index contributed by atoms with van der Waals surface area (Å²) in [6, 6.07) is 11.3. The summed E-state index contributed by atoms with van der Waals surface area (Å²) < 4.78 is 5.02. The van der Waals surface area contributed by atoms with Gasteiger partial charge >= 0.3 is 12.0 Å². The van der Waals surface area contributed by atoms with Crippen molar-refractivity contribution < 1.29 is 24.2 Å². The van der Waals surface area contributed by atoms with E-state index in [-0.39, 0.29) is 29.8 Å². The van der Waals surface area contributed by atoms with Crippen molar-refractivity contribution in [3.63, 3.8) is 0 Å². The zero-order valence-electron chi connectivity index (χ0n) is 14.7. The molecule has 3 rings (SSSR count). The highest BCUT2D eigenvalue weighted by Crippen LogP contribution is 2.20. The number of aromatic carboxylic acids is 1. The molecule has 2 aromatic carbocycles. The van der Waals surface area contributed by atoms with E-state index >= 15 is 0 Å². The van der Waals surface area contributed by atoms with E-state index in [0.717, 1.165) is 5.69 Å². The highest BCUT2D eigenvalue weighted by molar-refractivity contribution is 5.97. The van der Waals surface area contributed by atoms with Crippen molar-refractivity contribution in [2.45, 2.75) is 6.54 Å². The minimum atomic E-state index is -1.10. The lowest BCUT2D eigenvalue weighted by Gasteiger charge is -2.14. The molecule has 0 spiro atoms. The van der Waals surface area contributed by atoms with E-state index in [1.165, 1.54) is 13.2 Å². The van der Waals surface area contributed by atoms with Crippen LogP contribution in [0.4, 0.5) is 10.5 Å². The number of methoxy groups -OCH3 is 1. The molecule has 140 valence electrons. The fourth-order valence-electron chi connectivity index (χ4n) is 2.83. The molecule has 1 saturated heterocycles. The molecule has 8 nitrogen and oxygen atoms in total. The van der Waals surface area contributed by atoms with Crippen LogP contribution in [0.1, 0.15) is 26.3 Å². The Balaban J connectivity index is 1.65. The number of nitrogens with one attached hydrogen (secondary N) is 2. The van der Waals surface area contributed by atoms with Crippen LogP contribution in [0.5, 0.6) is 5.75 Å². The Morgan fingerprint density at radius 1 is 1.22 bits per heavy atom. The van der Waals surface area contributed by atoms with Gasteiger partial charge in [0, 0.05) is 30.9 Å². The molecule has 1 aliphatic rings. The third kappa shape index (κ3) is 4.00. The molecule has 2 aromatic rings. The maximum atomic E-state index is 12.3. The molecule has 0 unspecified atom stereocenters. The summed E-state index contributed by atoms with van der Waals surface area (Å²) in [5, 5.41) is 14.7. The van der Waals surface area contributed by atoms with Crippen LogP contribution in [0.3, 0.4) is 0 Å². The van der Waals surface area contributed by atoms with Gasteiger partial charge in [-0.25, -0.2) is 9.59 Å². The minimum absolute atomic E-state index is 0.0393. The number of hydrogen-bond acceptors (Lipinski definition) is 4. The van der Waals surface area contributed by atoms with E-state index < -0.39 is 5.97 Å². The maximum Gasteiger partial charge on any atom is 0.339 e. The molecule has 27 heavy (non-hydrogen) atoms. The van der Waals surface area contributed by atoms with E-state index in [0.29, 0.717) is 24.2 Å². The number of amides is 3. The first-order valence-corrected chi connectivity index (χ1v) is 8.33. The summed E-state index contributed by atoms with van der Waals surface area (Å²) >= 11 is 0. The van der Waals surface area contributed by atoms with Gasteiger partial charge in [0.2, 0.25) is 0 Å². The average Bonchev–Trinajstić information content (AvgIpc) is 3.11. The molecule has 0 aliphatic carbocycles. The normalized spacial score (nSPS) is 13.2. The van der Waals surface area contributed by atoms with E-state index in [9.17, 15) is 19.5 Å². The van der Waals surface area contributed by atoms with Gasteiger partial charge in [0.1, 0.15) is 11.3 Å². The van der Waals surface area contributed by atoms with E-state index in [4.69, 9.17) is 4.74 Å². The predicted molar refractivity (Wildman–Crippen MR) is 98.3 cm³/mol. The Labute approximate surface area is 155 Å². The third-order valence-electron chi connectivity index (χ3n) is 4.25. The molecule has 1 fully saturated rings. The minimum Gasteiger partial charge on any atom is -0.496 e. The van der Waals surface area contributed by atoms with E-state index in [1.807, 2.05) is 0 Å². The largest absolute Gasteiger partial charge is 0.496 e. The molecule has 8 heteroatoms. The first kappa shape index (κ1) is 18.2. The van der Waals surface area contributed by atoms with Crippen molar-refractivity contribution in [3.05, 3.63) is 59.2 Å². The van der Waals surface area contributed by atoms with Gasteiger partial charge in [-0.05, 0) is 42.0 Å². The zero-order chi connectivity index (χ0) is 19.4. The van der Waals surface area contributed by atoms with Gasteiger partial charge in [0.05, 0.1) is 7.11 Å². The van der Waals surface area contributed by atoms with Crippen LogP contribution in [0.25, 0.3) is 0 Å². The van der Waals surface area contributed by atoms with Crippen molar-refractivity contribution in [2.75, 3.05) is 25.1 Å². The molecule has 1 aliphatic heterocycles. The highest BCUT2D eigenvalue weighted by Gasteiger charge is 2.21. The third-order valence-corrected chi connectivity index (χ3v) is 4.25. The number of carboxylic acid groups (broad SMARTS) is 1. The van der Waals surface area contributed by atoms with Gasteiger partial charge in [-0.15, -0.1) is 0 Å². The van der Waals surface area contributed by atoms with Crippen molar-refractivity contribution in [2.24, 2.45) is 0 Å². The molecule has 0 saturated carbocycles. The smallest absolute Gasteiger partial charge is 0.339 e. The number of nitrogens with zero attached hydrogens (tertiary/aromatic N) is 1. The number of carbonyl (C=O) groups excluding carboxylic acids is 2. The van der Waals surface area contributed by atoms with Crippen LogP contribution in [0.15, 0.2) is 42.5 Å². The molecule has 0 atom stereocenters. The molecule has 1 heterocycles. The Hall–Kier alpha value is -3.55. The second-order valence-electron chi connectivity index (χ2n) is 5.95. The van der Waals surface area contributed by atoms with Crippen molar-refractivity contribution in [1.29, 1.82) is 0 Å². The SMILES string of the molecule is COc1ccc(CNC(=O)c2ccc(N3CCNC3=O)cc2)cc1C(=O)O. The zero-order valence-corrected chi connectivity index (χ0v) is 14.7. The standard InChI is InChI=1S/C19H19N3O5/c1-27-16-7-2-12(10-15(16)18(24)25)11-21-17(23)13-3-5-14(6-4-13)22-9-8-20-19(22)26/h2-7,10H,8-9,11H2,1H3,(H,20,26)(H,21,23)(H,24,25).